The second kappa shape index (κ2) is 8.71. The number of fused-ring (bicyclic) bond motifs is 1. The Hall–Kier alpha value is -3.25. The molecule has 4 aromatic rings. The van der Waals surface area contributed by atoms with Crippen LogP contribution >= 0.6 is 11.6 Å². The molecule has 1 aliphatic heterocycles. The standard InChI is InChI=1S/C25H25ClN4O2/c1-16-4-2-7-22-21(16)14-24(27-22)25(31)30-10-8-17(15-30)23-13-19(28-29-23)9-11-32-20-6-3-5-18(26)12-20/h2-7,12-14,17,27H,8-11,15H2,1H3,(H,28,29). The molecular formula is C25H25ClN4O2. The van der Waals surface area contributed by atoms with Crippen LogP contribution in [0.5, 0.6) is 5.75 Å². The Labute approximate surface area is 191 Å². The molecule has 2 aromatic carbocycles. The maximum absolute atomic E-state index is 13.1. The Morgan fingerprint density at radius 1 is 1.22 bits per heavy atom. The molecule has 0 spiro atoms. The third-order valence-electron chi connectivity index (χ3n) is 6.09. The van der Waals surface area contributed by atoms with Crippen LogP contribution in [0.4, 0.5) is 0 Å². The summed E-state index contributed by atoms with van der Waals surface area (Å²) in [5.74, 6) is 1.05. The van der Waals surface area contributed by atoms with Gasteiger partial charge in [0.2, 0.25) is 0 Å². The number of carbonyl (C=O) groups excluding carboxylic acids is 1. The predicted octanol–water partition coefficient (Wildman–Crippen LogP) is 5.10. The van der Waals surface area contributed by atoms with Crippen molar-refractivity contribution in [1.29, 1.82) is 0 Å². The summed E-state index contributed by atoms with van der Waals surface area (Å²) in [6, 6.07) is 17.5. The second-order valence-corrected chi connectivity index (χ2v) is 8.77. The van der Waals surface area contributed by atoms with Crippen LogP contribution in [0.25, 0.3) is 10.9 Å². The van der Waals surface area contributed by atoms with Crippen LogP contribution in [-0.4, -0.2) is 45.7 Å². The number of aromatic amines is 2. The number of nitrogens with zero attached hydrogens (tertiary/aromatic N) is 2. The van der Waals surface area contributed by atoms with Crippen LogP contribution in [0.1, 0.15) is 39.8 Å². The Morgan fingerprint density at radius 3 is 2.94 bits per heavy atom. The van der Waals surface area contributed by atoms with Crippen molar-refractivity contribution in [2.45, 2.75) is 25.7 Å². The summed E-state index contributed by atoms with van der Waals surface area (Å²) >= 11 is 5.99. The molecule has 1 unspecified atom stereocenters. The van der Waals surface area contributed by atoms with Gasteiger partial charge in [-0.2, -0.15) is 5.10 Å². The zero-order chi connectivity index (χ0) is 22.1. The molecule has 1 fully saturated rings. The number of halogens is 1. The van der Waals surface area contributed by atoms with Gasteiger partial charge in [-0.3, -0.25) is 9.89 Å². The van der Waals surface area contributed by atoms with Crippen LogP contribution in [0, 0.1) is 6.92 Å². The fraction of sp³-hybridized carbons (Fsp3) is 0.280. The summed E-state index contributed by atoms with van der Waals surface area (Å²) in [6.45, 7) is 4.01. The van der Waals surface area contributed by atoms with Gasteiger partial charge < -0.3 is 14.6 Å². The van der Waals surface area contributed by atoms with Gasteiger partial charge in [0.1, 0.15) is 11.4 Å². The molecule has 0 bridgehead atoms. The molecule has 2 aromatic heterocycles. The Balaban J connectivity index is 1.18. The fourth-order valence-corrected chi connectivity index (χ4v) is 4.51. The highest BCUT2D eigenvalue weighted by molar-refractivity contribution is 6.30. The third-order valence-corrected chi connectivity index (χ3v) is 6.33. The zero-order valence-electron chi connectivity index (χ0n) is 17.9. The van der Waals surface area contributed by atoms with Crippen molar-refractivity contribution in [1.82, 2.24) is 20.1 Å². The fourth-order valence-electron chi connectivity index (χ4n) is 4.33. The quantitative estimate of drug-likeness (QED) is 0.430. The summed E-state index contributed by atoms with van der Waals surface area (Å²) in [6.07, 6.45) is 1.64. The van der Waals surface area contributed by atoms with E-state index in [1.807, 2.05) is 41.3 Å². The number of amides is 1. The normalized spacial score (nSPS) is 16.1. The van der Waals surface area contributed by atoms with Crippen LogP contribution in [0.2, 0.25) is 5.02 Å². The minimum atomic E-state index is 0.0498. The molecule has 2 N–H and O–H groups in total. The van der Waals surface area contributed by atoms with E-state index in [1.165, 1.54) is 5.56 Å². The number of ether oxygens (including phenoxy) is 1. The summed E-state index contributed by atoms with van der Waals surface area (Å²) in [4.78, 5) is 18.2. The first-order valence-corrected chi connectivity index (χ1v) is 11.2. The molecule has 5 rings (SSSR count). The van der Waals surface area contributed by atoms with Gasteiger partial charge in [-0.25, -0.2) is 0 Å². The molecule has 1 amide bonds. The van der Waals surface area contributed by atoms with Gasteiger partial charge in [0.15, 0.2) is 0 Å². The number of nitrogens with one attached hydrogen (secondary N) is 2. The molecule has 32 heavy (non-hydrogen) atoms. The summed E-state index contributed by atoms with van der Waals surface area (Å²) in [5.41, 5.74) is 4.85. The lowest BCUT2D eigenvalue weighted by atomic mass is 10.0. The highest BCUT2D eigenvalue weighted by Gasteiger charge is 2.30. The zero-order valence-corrected chi connectivity index (χ0v) is 18.7. The lowest BCUT2D eigenvalue weighted by Crippen LogP contribution is -2.28. The first kappa shape index (κ1) is 20.6. The van der Waals surface area contributed by atoms with Crippen LogP contribution < -0.4 is 4.74 Å². The number of likely N-dealkylation sites (tertiary alicyclic amines) is 1. The van der Waals surface area contributed by atoms with Crippen molar-refractivity contribution in [3.05, 3.63) is 82.3 Å². The van der Waals surface area contributed by atoms with Crippen LogP contribution in [-0.2, 0) is 6.42 Å². The first-order chi connectivity index (χ1) is 15.6. The highest BCUT2D eigenvalue weighted by Crippen LogP contribution is 2.28. The number of carbonyl (C=O) groups is 1. The Morgan fingerprint density at radius 2 is 2.09 bits per heavy atom. The molecule has 0 aliphatic carbocycles. The average Bonchev–Trinajstić information content (AvgIpc) is 3.53. The summed E-state index contributed by atoms with van der Waals surface area (Å²) in [7, 11) is 0. The van der Waals surface area contributed by atoms with Crippen molar-refractivity contribution in [2.75, 3.05) is 19.7 Å². The number of hydrogen-bond donors (Lipinski definition) is 2. The van der Waals surface area contributed by atoms with E-state index >= 15 is 0 Å². The average molecular weight is 449 g/mol. The number of rotatable bonds is 6. The summed E-state index contributed by atoms with van der Waals surface area (Å²) in [5, 5.41) is 9.38. The Bertz CT molecular complexity index is 1260. The van der Waals surface area contributed by atoms with E-state index in [-0.39, 0.29) is 11.8 Å². The van der Waals surface area contributed by atoms with E-state index in [2.05, 4.69) is 34.2 Å². The molecule has 164 valence electrons. The minimum absolute atomic E-state index is 0.0498. The smallest absolute Gasteiger partial charge is 0.270 e. The van der Waals surface area contributed by atoms with Gasteiger partial charge in [-0.05, 0) is 55.3 Å². The maximum atomic E-state index is 13.1. The van der Waals surface area contributed by atoms with Gasteiger partial charge in [0.25, 0.3) is 5.91 Å². The lowest BCUT2D eigenvalue weighted by molar-refractivity contribution is 0.0786. The monoisotopic (exact) mass is 448 g/mol. The van der Waals surface area contributed by atoms with Crippen LogP contribution in [0.15, 0.2) is 54.6 Å². The van der Waals surface area contributed by atoms with Crippen molar-refractivity contribution in [3.8, 4) is 5.75 Å². The second-order valence-electron chi connectivity index (χ2n) is 8.33. The molecule has 0 saturated carbocycles. The van der Waals surface area contributed by atoms with Crippen molar-refractivity contribution < 1.29 is 9.53 Å². The SMILES string of the molecule is Cc1cccc2[nH]c(C(=O)N3CCC(c4cc(CCOc5cccc(Cl)c5)[nH]n4)C3)cc12. The van der Waals surface area contributed by atoms with Crippen molar-refractivity contribution in [2.24, 2.45) is 0 Å². The van der Waals surface area contributed by atoms with Gasteiger partial charge in [0.05, 0.1) is 12.3 Å². The molecule has 6 nitrogen and oxygen atoms in total. The molecule has 3 heterocycles. The Kier molecular flexibility index (Phi) is 5.62. The molecule has 1 atom stereocenters. The molecule has 1 saturated heterocycles. The molecule has 7 heteroatoms. The minimum Gasteiger partial charge on any atom is -0.493 e. The van der Waals surface area contributed by atoms with Crippen LogP contribution in [0.3, 0.4) is 0 Å². The van der Waals surface area contributed by atoms with Gasteiger partial charge >= 0.3 is 0 Å². The molecular weight excluding hydrogens is 424 g/mol. The number of hydrogen-bond acceptors (Lipinski definition) is 3. The van der Waals surface area contributed by atoms with E-state index in [4.69, 9.17) is 16.3 Å². The van der Waals surface area contributed by atoms with E-state index in [1.54, 1.807) is 6.07 Å². The number of aryl methyl sites for hydroxylation is 1. The van der Waals surface area contributed by atoms with Gasteiger partial charge in [0, 0.05) is 47.0 Å². The third kappa shape index (κ3) is 4.23. The van der Waals surface area contributed by atoms with Crippen molar-refractivity contribution in [3.63, 3.8) is 0 Å². The summed E-state index contributed by atoms with van der Waals surface area (Å²) < 4.78 is 5.77. The van der Waals surface area contributed by atoms with Crippen molar-refractivity contribution >= 4 is 28.4 Å². The predicted molar refractivity (Wildman–Crippen MR) is 126 cm³/mol. The van der Waals surface area contributed by atoms with Gasteiger partial charge in [-0.1, -0.05) is 29.8 Å². The van der Waals surface area contributed by atoms with Gasteiger partial charge in [-0.15, -0.1) is 0 Å². The maximum Gasteiger partial charge on any atom is 0.270 e. The van der Waals surface area contributed by atoms with E-state index in [0.29, 0.717) is 23.9 Å². The number of H-pyrrole nitrogens is 2. The largest absolute Gasteiger partial charge is 0.493 e. The first-order valence-electron chi connectivity index (χ1n) is 10.9. The van der Waals surface area contributed by atoms with E-state index < -0.39 is 0 Å². The lowest BCUT2D eigenvalue weighted by Gasteiger charge is -2.15. The van der Waals surface area contributed by atoms with E-state index in [9.17, 15) is 4.79 Å². The van der Waals surface area contributed by atoms with E-state index in [0.717, 1.165) is 47.4 Å². The topological polar surface area (TPSA) is 74.0 Å². The highest BCUT2D eigenvalue weighted by atomic mass is 35.5. The number of aromatic nitrogens is 3. The molecule has 1 aliphatic rings. The number of benzene rings is 2. The molecule has 0 radical (unpaired) electrons.